The molecule has 1 N–H and O–H groups in total. The van der Waals surface area contributed by atoms with Crippen molar-refractivity contribution in [1.29, 1.82) is 5.26 Å². The molecular weight excluding hydrogens is 359 g/mol. The lowest BCUT2D eigenvalue weighted by Crippen LogP contribution is -2.53. The summed E-state index contributed by atoms with van der Waals surface area (Å²) in [5.74, 6) is 0.555. The van der Waals surface area contributed by atoms with Gasteiger partial charge in [0.25, 0.3) is 0 Å². The number of amides is 1. The Morgan fingerprint density at radius 3 is 2.44 bits per heavy atom. The van der Waals surface area contributed by atoms with Crippen LogP contribution in [-0.4, -0.2) is 54.1 Å². The predicted octanol–water partition coefficient (Wildman–Crippen LogP) is 2.03. The third kappa shape index (κ3) is 4.69. The van der Waals surface area contributed by atoms with Crippen molar-refractivity contribution in [3.63, 3.8) is 0 Å². The Morgan fingerprint density at radius 1 is 1.30 bits per heavy atom. The Hall–Kier alpha value is -2.34. The molecule has 2 fully saturated rings. The second kappa shape index (κ2) is 7.35. The predicted molar refractivity (Wildman–Crippen MR) is 92.8 cm³/mol. The molecule has 1 atom stereocenters. The van der Waals surface area contributed by atoms with Crippen LogP contribution in [0.25, 0.3) is 0 Å². The maximum atomic E-state index is 12.6. The Bertz CT molecular complexity index is 718. The topological polar surface area (TPSA) is 72.3 Å². The Kier molecular flexibility index (Phi) is 5.29. The van der Waals surface area contributed by atoms with Crippen LogP contribution in [0.4, 0.5) is 19.0 Å². The van der Waals surface area contributed by atoms with E-state index in [0.29, 0.717) is 32.0 Å². The van der Waals surface area contributed by atoms with Gasteiger partial charge in [0, 0.05) is 32.4 Å². The number of hydrogen-bond acceptors (Lipinski definition) is 5. The summed E-state index contributed by atoms with van der Waals surface area (Å²) in [6.45, 7) is 4.31. The van der Waals surface area contributed by atoms with Crippen molar-refractivity contribution in [1.82, 2.24) is 15.2 Å². The minimum atomic E-state index is -4.39. The Balaban J connectivity index is 1.49. The van der Waals surface area contributed by atoms with Crippen molar-refractivity contribution in [2.75, 3.05) is 37.6 Å². The second-order valence-corrected chi connectivity index (χ2v) is 7.30. The first kappa shape index (κ1) is 19.4. The fraction of sp³-hybridized carbons (Fsp3) is 0.611. The molecule has 1 saturated carbocycles. The molecule has 27 heavy (non-hydrogen) atoms. The number of piperazine rings is 1. The molecular formula is C18H22F3N5O. The zero-order valence-electron chi connectivity index (χ0n) is 15.1. The molecule has 0 spiro atoms. The Labute approximate surface area is 156 Å². The van der Waals surface area contributed by atoms with Gasteiger partial charge in [0.05, 0.1) is 18.2 Å². The first-order chi connectivity index (χ1) is 12.7. The van der Waals surface area contributed by atoms with Crippen molar-refractivity contribution < 1.29 is 18.0 Å². The third-order valence-electron chi connectivity index (χ3n) is 5.16. The molecule has 0 radical (unpaired) electrons. The monoisotopic (exact) mass is 381 g/mol. The molecule has 9 heteroatoms. The molecule has 2 aliphatic rings. The van der Waals surface area contributed by atoms with E-state index in [1.165, 1.54) is 6.07 Å². The highest BCUT2D eigenvalue weighted by atomic mass is 19.4. The highest BCUT2D eigenvalue weighted by Crippen LogP contribution is 2.39. The van der Waals surface area contributed by atoms with E-state index >= 15 is 0 Å². The maximum absolute atomic E-state index is 12.6. The maximum Gasteiger partial charge on any atom is 0.417 e. The lowest BCUT2D eigenvalue weighted by molar-refractivity contribution is -0.137. The van der Waals surface area contributed by atoms with E-state index in [-0.39, 0.29) is 18.4 Å². The van der Waals surface area contributed by atoms with Crippen LogP contribution in [0.1, 0.15) is 25.3 Å². The quantitative estimate of drug-likeness (QED) is 0.845. The van der Waals surface area contributed by atoms with Gasteiger partial charge in [0.15, 0.2) is 0 Å². The summed E-state index contributed by atoms with van der Waals surface area (Å²) >= 11 is 0. The highest BCUT2D eigenvalue weighted by Gasteiger charge is 2.43. The standard InChI is InChI=1S/C18H22F3N5O/c1-17(12-22,13-2-3-13)24-16(27)11-25-6-8-26(9-7-25)15-5-4-14(10-23-15)18(19,20)21/h4-5,10,13H,2-3,6-9,11H2,1H3,(H,24,27). The molecule has 146 valence electrons. The smallest absolute Gasteiger partial charge is 0.354 e. The van der Waals surface area contributed by atoms with Crippen molar-refractivity contribution in [2.45, 2.75) is 31.5 Å². The van der Waals surface area contributed by atoms with Gasteiger partial charge in [-0.2, -0.15) is 18.4 Å². The van der Waals surface area contributed by atoms with E-state index in [2.05, 4.69) is 16.4 Å². The van der Waals surface area contributed by atoms with Crippen molar-refractivity contribution in [2.24, 2.45) is 5.92 Å². The summed E-state index contributed by atoms with van der Waals surface area (Å²) in [6.07, 6.45) is -1.63. The van der Waals surface area contributed by atoms with Gasteiger partial charge in [0.1, 0.15) is 11.4 Å². The summed E-state index contributed by atoms with van der Waals surface area (Å²) in [7, 11) is 0. The number of nitriles is 1. The number of carbonyl (C=O) groups excluding carboxylic acids is 1. The fourth-order valence-corrected chi connectivity index (χ4v) is 3.29. The molecule has 6 nitrogen and oxygen atoms in total. The average Bonchev–Trinajstić information content (AvgIpc) is 3.47. The van der Waals surface area contributed by atoms with Gasteiger partial charge in [0.2, 0.25) is 5.91 Å². The van der Waals surface area contributed by atoms with Gasteiger partial charge in [-0.3, -0.25) is 9.69 Å². The van der Waals surface area contributed by atoms with Gasteiger partial charge in [-0.1, -0.05) is 0 Å². The van der Waals surface area contributed by atoms with Crippen molar-refractivity contribution >= 4 is 11.7 Å². The van der Waals surface area contributed by atoms with E-state index < -0.39 is 17.3 Å². The van der Waals surface area contributed by atoms with E-state index in [1.807, 2.05) is 9.80 Å². The summed E-state index contributed by atoms with van der Waals surface area (Å²) in [6, 6.07) is 4.61. The normalized spacial score (nSPS) is 20.6. The summed E-state index contributed by atoms with van der Waals surface area (Å²) in [5.41, 5.74) is -1.57. The number of halogens is 3. The molecule has 1 aromatic heterocycles. The number of rotatable bonds is 5. The largest absolute Gasteiger partial charge is 0.417 e. The number of anilines is 1. The van der Waals surface area contributed by atoms with Crippen LogP contribution in [0.2, 0.25) is 0 Å². The van der Waals surface area contributed by atoms with Crippen LogP contribution in [0.15, 0.2) is 18.3 Å². The molecule has 1 amide bonds. The van der Waals surface area contributed by atoms with E-state index in [4.69, 9.17) is 0 Å². The molecule has 1 unspecified atom stereocenters. The SMILES string of the molecule is CC(C#N)(NC(=O)CN1CCN(c2ccc(C(F)(F)F)cn2)CC1)C1CC1. The van der Waals surface area contributed by atoms with E-state index in [0.717, 1.165) is 25.1 Å². The number of nitrogens with zero attached hydrogens (tertiary/aromatic N) is 4. The van der Waals surface area contributed by atoms with Crippen LogP contribution < -0.4 is 10.2 Å². The first-order valence-electron chi connectivity index (χ1n) is 8.94. The minimum absolute atomic E-state index is 0.174. The van der Waals surface area contributed by atoms with Crippen LogP contribution in [0, 0.1) is 17.2 Å². The van der Waals surface area contributed by atoms with Crippen LogP contribution >= 0.6 is 0 Å². The number of pyridine rings is 1. The van der Waals surface area contributed by atoms with Gasteiger partial charge < -0.3 is 10.2 Å². The van der Waals surface area contributed by atoms with Gasteiger partial charge in [-0.25, -0.2) is 4.98 Å². The molecule has 0 bridgehead atoms. The molecule has 1 aliphatic heterocycles. The summed E-state index contributed by atoms with van der Waals surface area (Å²) < 4.78 is 37.8. The lowest BCUT2D eigenvalue weighted by atomic mass is 9.98. The number of carbonyl (C=O) groups is 1. The minimum Gasteiger partial charge on any atom is -0.354 e. The van der Waals surface area contributed by atoms with Gasteiger partial charge in [-0.05, 0) is 37.8 Å². The van der Waals surface area contributed by atoms with E-state index in [9.17, 15) is 23.2 Å². The Morgan fingerprint density at radius 2 is 1.96 bits per heavy atom. The molecule has 2 heterocycles. The molecule has 1 aromatic rings. The summed E-state index contributed by atoms with van der Waals surface area (Å²) in [4.78, 5) is 20.1. The van der Waals surface area contributed by atoms with Gasteiger partial charge in [-0.15, -0.1) is 0 Å². The van der Waals surface area contributed by atoms with Crippen LogP contribution in [0.5, 0.6) is 0 Å². The summed E-state index contributed by atoms with van der Waals surface area (Å²) in [5, 5.41) is 12.2. The number of nitrogens with one attached hydrogen (secondary N) is 1. The van der Waals surface area contributed by atoms with Crippen molar-refractivity contribution in [3.05, 3.63) is 23.9 Å². The average molecular weight is 381 g/mol. The fourth-order valence-electron chi connectivity index (χ4n) is 3.29. The van der Waals surface area contributed by atoms with Crippen LogP contribution in [0.3, 0.4) is 0 Å². The molecule has 0 aromatic carbocycles. The van der Waals surface area contributed by atoms with Crippen LogP contribution in [-0.2, 0) is 11.0 Å². The van der Waals surface area contributed by atoms with E-state index in [1.54, 1.807) is 6.92 Å². The van der Waals surface area contributed by atoms with Crippen molar-refractivity contribution in [3.8, 4) is 6.07 Å². The number of hydrogen-bond donors (Lipinski definition) is 1. The lowest BCUT2D eigenvalue weighted by Gasteiger charge is -2.35. The number of alkyl halides is 3. The zero-order valence-corrected chi connectivity index (χ0v) is 15.1. The highest BCUT2D eigenvalue weighted by molar-refractivity contribution is 5.79. The number of aromatic nitrogens is 1. The van der Waals surface area contributed by atoms with Gasteiger partial charge >= 0.3 is 6.18 Å². The zero-order chi connectivity index (χ0) is 19.7. The molecule has 1 aliphatic carbocycles. The molecule has 1 saturated heterocycles. The molecule has 3 rings (SSSR count). The first-order valence-corrected chi connectivity index (χ1v) is 8.94. The second-order valence-electron chi connectivity index (χ2n) is 7.30. The third-order valence-corrected chi connectivity index (χ3v) is 5.16.